The van der Waals surface area contributed by atoms with Gasteiger partial charge in [0.05, 0.1) is 22.3 Å². The van der Waals surface area contributed by atoms with E-state index in [2.05, 4.69) is 6.08 Å². The lowest BCUT2D eigenvalue weighted by Crippen LogP contribution is -2.31. The average molecular weight is 420 g/mol. The maximum absolute atomic E-state index is 13.3. The molecular formula is C24H25N3O2S. The lowest BCUT2D eigenvalue weighted by atomic mass is 10.2. The maximum atomic E-state index is 13.3. The van der Waals surface area contributed by atoms with Crippen LogP contribution in [0.5, 0.6) is 0 Å². The quantitative estimate of drug-likeness (QED) is 0.429. The minimum atomic E-state index is -0.120. The molecule has 0 saturated carbocycles. The van der Waals surface area contributed by atoms with Crippen LogP contribution in [0, 0.1) is 6.92 Å². The molecule has 0 fully saturated rings. The molecule has 2 aromatic carbocycles. The normalized spacial score (nSPS) is 13.5. The molecule has 5 nitrogen and oxygen atoms in total. The molecule has 3 aromatic rings. The van der Waals surface area contributed by atoms with Gasteiger partial charge in [0.15, 0.2) is 5.16 Å². The van der Waals surface area contributed by atoms with Crippen LogP contribution in [0.15, 0.2) is 70.3 Å². The number of hydrogen-bond donors (Lipinski definition) is 0. The Bertz CT molecular complexity index is 1170. The highest BCUT2D eigenvalue weighted by Gasteiger charge is 2.20. The molecule has 6 heteroatoms. The Hall–Kier alpha value is -2.86. The number of nitrogens with zero attached hydrogens (tertiary/aromatic N) is 3. The highest BCUT2D eigenvalue weighted by molar-refractivity contribution is 7.99. The molecule has 0 bridgehead atoms. The van der Waals surface area contributed by atoms with E-state index in [-0.39, 0.29) is 17.2 Å². The van der Waals surface area contributed by atoms with Crippen molar-refractivity contribution in [3.05, 3.63) is 76.2 Å². The van der Waals surface area contributed by atoms with E-state index in [0.717, 1.165) is 36.2 Å². The van der Waals surface area contributed by atoms with Crippen molar-refractivity contribution < 1.29 is 4.79 Å². The number of benzene rings is 2. The number of para-hydroxylation sites is 1. The molecule has 0 unspecified atom stereocenters. The fourth-order valence-corrected chi connectivity index (χ4v) is 4.66. The van der Waals surface area contributed by atoms with Crippen molar-refractivity contribution in [1.82, 2.24) is 14.5 Å². The molecule has 0 radical (unpaired) electrons. The lowest BCUT2D eigenvalue weighted by molar-refractivity contribution is -0.126. The van der Waals surface area contributed by atoms with Gasteiger partial charge in [-0.2, -0.15) is 0 Å². The number of aromatic nitrogens is 2. The summed E-state index contributed by atoms with van der Waals surface area (Å²) in [6.07, 6.45) is 5.24. The highest BCUT2D eigenvalue weighted by Crippen LogP contribution is 2.25. The molecule has 154 valence electrons. The smallest absolute Gasteiger partial charge is 0.266 e. The van der Waals surface area contributed by atoms with Crippen molar-refractivity contribution in [1.29, 1.82) is 0 Å². The third-order valence-corrected chi connectivity index (χ3v) is 6.27. The first-order chi connectivity index (χ1) is 14.6. The highest BCUT2D eigenvalue weighted by atomic mass is 32.2. The third-order valence-electron chi connectivity index (χ3n) is 5.34. The summed E-state index contributed by atoms with van der Waals surface area (Å²) in [5.41, 5.74) is 3.51. The number of hydrogen-bond acceptors (Lipinski definition) is 4. The van der Waals surface area contributed by atoms with Crippen molar-refractivity contribution in [3.8, 4) is 5.69 Å². The van der Waals surface area contributed by atoms with E-state index in [9.17, 15) is 9.59 Å². The molecule has 1 amide bonds. The largest absolute Gasteiger partial charge is 0.316 e. The van der Waals surface area contributed by atoms with Crippen molar-refractivity contribution in [3.63, 3.8) is 0 Å². The molecule has 0 N–H and O–H groups in total. The Labute approximate surface area is 180 Å². The SMILES string of the molecule is CCN(C(=O)CSc1nc2ccccc2c(=O)n1-c1ccc(C)cc1)C1=CCCC1. The van der Waals surface area contributed by atoms with E-state index in [4.69, 9.17) is 4.98 Å². The van der Waals surface area contributed by atoms with Gasteiger partial charge in [0.1, 0.15) is 0 Å². The maximum Gasteiger partial charge on any atom is 0.266 e. The topological polar surface area (TPSA) is 55.2 Å². The summed E-state index contributed by atoms with van der Waals surface area (Å²) in [6.45, 7) is 4.66. The van der Waals surface area contributed by atoms with Crippen molar-refractivity contribution in [2.75, 3.05) is 12.3 Å². The Morgan fingerprint density at radius 2 is 1.93 bits per heavy atom. The first kappa shape index (κ1) is 20.4. The molecule has 30 heavy (non-hydrogen) atoms. The molecule has 1 aliphatic rings. The third kappa shape index (κ3) is 4.05. The van der Waals surface area contributed by atoms with Gasteiger partial charge in [-0.25, -0.2) is 4.98 Å². The summed E-state index contributed by atoms with van der Waals surface area (Å²) < 4.78 is 1.62. The fourth-order valence-electron chi connectivity index (χ4n) is 3.77. The number of thioether (sulfide) groups is 1. The number of fused-ring (bicyclic) bond motifs is 1. The first-order valence-corrected chi connectivity index (χ1v) is 11.3. The molecular weight excluding hydrogens is 394 g/mol. The summed E-state index contributed by atoms with van der Waals surface area (Å²) in [5, 5.41) is 1.10. The number of carbonyl (C=O) groups excluding carboxylic acids is 1. The van der Waals surface area contributed by atoms with Crippen LogP contribution in [-0.2, 0) is 4.79 Å². The number of allylic oxidation sites excluding steroid dienone is 2. The van der Waals surface area contributed by atoms with E-state index in [1.165, 1.54) is 11.8 Å². The predicted molar refractivity (Wildman–Crippen MR) is 122 cm³/mol. The van der Waals surface area contributed by atoms with E-state index in [0.29, 0.717) is 22.6 Å². The molecule has 1 aliphatic carbocycles. The zero-order chi connectivity index (χ0) is 21.1. The second-order valence-corrected chi connectivity index (χ2v) is 8.34. The van der Waals surface area contributed by atoms with Crippen molar-refractivity contribution in [2.45, 2.75) is 38.3 Å². The van der Waals surface area contributed by atoms with Gasteiger partial charge >= 0.3 is 0 Å². The Morgan fingerprint density at radius 1 is 1.17 bits per heavy atom. The number of rotatable bonds is 6. The molecule has 0 aliphatic heterocycles. The minimum Gasteiger partial charge on any atom is -0.316 e. The zero-order valence-corrected chi connectivity index (χ0v) is 18.1. The molecule has 4 rings (SSSR count). The molecule has 0 atom stereocenters. The summed E-state index contributed by atoms with van der Waals surface area (Å²) >= 11 is 1.32. The van der Waals surface area contributed by atoms with Gasteiger partial charge in [-0.05, 0) is 57.4 Å². The Kier molecular flexibility index (Phi) is 6.04. The summed E-state index contributed by atoms with van der Waals surface area (Å²) in [5.74, 6) is 0.287. The van der Waals surface area contributed by atoms with Crippen LogP contribution in [0.4, 0.5) is 0 Å². The van der Waals surface area contributed by atoms with E-state index in [1.807, 2.05) is 61.2 Å². The molecule has 0 spiro atoms. The van der Waals surface area contributed by atoms with Crippen LogP contribution >= 0.6 is 11.8 Å². The van der Waals surface area contributed by atoms with E-state index in [1.54, 1.807) is 10.6 Å². The Balaban J connectivity index is 1.70. The summed E-state index contributed by atoms with van der Waals surface area (Å²) in [6, 6.07) is 15.1. The molecule has 1 heterocycles. The van der Waals surface area contributed by atoms with Gasteiger partial charge < -0.3 is 4.90 Å². The first-order valence-electron chi connectivity index (χ1n) is 10.3. The molecule has 0 saturated heterocycles. The number of carbonyl (C=O) groups is 1. The van der Waals surface area contributed by atoms with Gasteiger partial charge in [0, 0.05) is 12.2 Å². The summed E-state index contributed by atoms with van der Waals surface area (Å²) in [7, 11) is 0. The minimum absolute atomic E-state index is 0.0495. The van der Waals surface area contributed by atoms with Crippen LogP contribution in [-0.4, -0.2) is 32.7 Å². The zero-order valence-electron chi connectivity index (χ0n) is 17.3. The van der Waals surface area contributed by atoms with Crippen LogP contribution in [0.2, 0.25) is 0 Å². The van der Waals surface area contributed by atoms with Gasteiger partial charge in [-0.15, -0.1) is 0 Å². The predicted octanol–water partition coefficient (Wildman–Crippen LogP) is 4.70. The van der Waals surface area contributed by atoms with Gasteiger partial charge in [-0.3, -0.25) is 14.2 Å². The number of aryl methyl sites for hydroxylation is 1. The molecule has 1 aromatic heterocycles. The van der Waals surface area contributed by atoms with E-state index < -0.39 is 0 Å². The van der Waals surface area contributed by atoms with Crippen LogP contribution in [0.25, 0.3) is 16.6 Å². The van der Waals surface area contributed by atoms with Gasteiger partial charge in [-0.1, -0.05) is 47.7 Å². The van der Waals surface area contributed by atoms with Gasteiger partial charge in [0.2, 0.25) is 5.91 Å². The lowest BCUT2D eigenvalue weighted by Gasteiger charge is -2.22. The van der Waals surface area contributed by atoms with Crippen LogP contribution < -0.4 is 5.56 Å². The van der Waals surface area contributed by atoms with Crippen LogP contribution in [0.3, 0.4) is 0 Å². The fraction of sp³-hybridized carbons (Fsp3) is 0.292. The van der Waals surface area contributed by atoms with Gasteiger partial charge in [0.25, 0.3) is 5.56 Å². The van der Waals surface area contributed by atoms with Crippen molar-refractivity contribution in [2.24, 2.45) is 0 Å². The monoisotopic (exact) mass is 419 g/mol. The second kappa shape index (κ2) is 8.88. The summed E-state index contributed by atoms with van der Waals surface area (Å²) in [4.78, 5) is 32.8. The Morgan fingerprint density at radius 3 is 2.63 bits per heavy atom. The second-order valence-electron chi connectivity index (χ2n) is 7.40. The van der Waals surface area contributed by atoms with Crippen LogP contribution in [0.1, 0.15) is 31.7 Å². The van der Waals surface area contributed by atoms with Crippen molar-refractivity contribution >= 4 is 28.6 Å². The van der Waals surface area contributed by atoms with E-state index >= 15 is 0 Å². The standard InChI is InChI=1S/C24H25N3O2S/c1-3-26(18-8-4-5-9-18)22(28)16-30-24-25-21-11-7-6-10-20(21)23(29)27(24)19-14-12-17(2)13-15-19/h6-8,10-15H,3-5,9,16H2,1-2H3. The average Bonchev–Trinajstić information content (AvgIpc) is 3.28. The number of amides is 1.